The van der Waals surface area contributed by atoms with Crippen LogP contribution in [0.3, 0.4) is 0 Å². The smallest absolute Gasteiger partial charge is 0.310 e. The van der Waals surface area contributed by atoms with Crippen molar-refractivity contribution < 1.29 is 23.9 Å². The molecule has 4 aromatic rings. The Morgan fingerprint density at radius 3 is 2.15 bits per heavy atom. The Morgan fingerprint density at radius 1 is 0.975 bits per heavy atom. The van der Waals surface area contributed by atoms with Gasteiger partial charge in [-0.15, -0.1) is 0 Å². The van der Waals surface area contributed by atoms with Crippen LogP contribution < -0.4 is 9.67 Å². The van der Waals surface area contributed by atoms with Crippen molar-refractivity contribution in [3.63, 3.8) is 0 Å². The van der Waals surface area contributed by atoms with E-state index >= 15 is 0 Å². The minimum Gasteiger partial charge on any atom is -0.824 e. The Hall–Kier alpha value is -3.74. The molecule has 1 fully saturated rings. The highest BCUT2D eigenvalue weighted by atomic mass is 16.7. The number of imidazole rings is 1. The van der Waals surface area contributed by atoms with Gasteiger partial charge in [-0.3, -0.25) is 4.79 Å². The number of aryl methyl sites for hydroxylation is 6. The maximum Gasteiger partial charge on any atom is 0.310 e. The molecule has 0 spiro atoms. The summed E-state index contributed by atoms with van der Waals surface area (Å²) in [5.74, 6) is -2.72. The van der Waals surface area contributed by atoms with E-state index in [2.05, 4.69) is 87.3 Å². The average molecular weight is 537 g/mol. The van der Waals surface area contributed by atoms with E-state index in [9.17, 15) is 9.90 Å². The normalized spacial score (nSPS) is 22.9. The van der Waals surface area contributed by atoms with Crippen molar-refractivity contribution in [1.29, 1.82) is 0 Å². The van der Waals surface area contributed by atoms with Crippen LogP contribution in [0, 0.1) is 47.5 Å². The highest BCUT2D eigenvalue weighted by Gasteiger charge is 2.67. The molecule has 1 saturated heterocycles. The van der Waals surface area contributed by atoms with Crippen LogP contribution in [0.1, 0.15) is 63.7 Å². The topological polar surface area (TPSA) is 67.4 Å². The van der Waals surface area contributed by atoms with E-state index in [0.29, 0.717) is 5.56 Å². The predicted molar refractivity (Wildman–Crippen MR) is 150 cm³/mol. The van der Waals surface area contributed by atoms with Crippen molar-refractivity contribution >= 4 is 5.97 Å². The van der Waals surface area contributed by atoms with Crippen molar-refractivity contribution in [3.05, 3.63) is 111 Å². The number of hydrogen-bond acceptors (Lipinski definition) is 4. The summed E-state index contributed by atoms with van der Waals surface area (Å²) in [4.78, 5) is 13.2. The van der Waals surface area contributed by atoms with E-state index in [1.165, 1.54) is 11.1 Å². The number of ether oxygens (including phenoxy) is 2. The SMILES string of the molecule is CCOC(=O)C1CC2(c3n(-c4c(C)cc(C)cc4C)cc[n+]3-c3c(C)cc(C)cc3C)OC1([O-])c1ccccc12. The molecule has 0 saturated carbocycles. The zero-order valence-electron chi connectivity index (χ0n) is 24.3. The summed E-state index contributed by atoms with van der Waals surface area (Å²) in [6, 6.07) is 16.3. The number of rotatable bonds is 5. The fourth-order valence-corrected chi connectivity index (χ4v) is 7.32. The molecule has 6 rings (SSSR count). The van der Waals surface area contributed by atoms with E-state index in [1.54, 1.807) is 13.0 Å². The van der Waals surface area contributed by atoms with Gasteiger partial charge in [-0.05, 0) is 76.3 Å². The molecule has 2 aliphatic heterocycles. The summed E-state index contributed by atoms with van der Waals surface area (Å²) in [5, 5.41) is 14.6. The summed E-state index contributed by atoms with van der Waals surface area (Å²) >= 11 is 0. The number of carbonyl (C=O) groups is 1. The lowest BCUT2D eigenvalue weighted by Crippen LogP contribution is -2.48. The first kappa shape index (κ1) is 26.5. The van der Waals surface area contributed by atoms with Gasteiger partial charge in [-0.25, -0.2) is 0 Å². The summed E-state index contributed by atoms with van der Waals surface area (Å²) in [6.07, 6.45) is 4.31. The van der Waals surface area contributed by atoms with E-state index in [0.717, 1.165) is 45.0 Å². The first-order chi connectivity index (χ1) is 19.0. The Labute approximate surface area is 235 Å². The molecule has 6 nitrogen and oxygen atoms in total. The number of aromatic nitrogens is 2. The van der Waals surface area contributed by atoms with Gasteiger partial charge in [0.2, 0.25) is 0 Å². The van der Waals surface area contributed by atoms with Crippen molar-refractivity contribution in [3.8, 4) is 11.4 Å². The van der Waals surface area contributed by atoms with E-state index in [-0.39, 0.29) is 13.0 Å². The highest BCUT2D eigenvalue weighted by molar-refractivity contribution is 5.76. The molecule has 3 unspecified atom stereocenters. The summed E-state index contributed by atoms with van der Waals surface area (Å²) in [7, 11) is 0. The molecular formula is C34H36N2O4. The summed E-state index contributed by atoms with van der Waals surface area (Å²) in [5.41, 5.74) is 9.10. The number of carbonyl (C=O) groups excluding carboxylic acids is 1. The number of nitrogens with zero attached hydrogens (tertiary/aromatic N) is 2. The third-order valence-electron chi connectivity index (χ3n) is 8.52. The molecule has 0 amide bonds. The maximum absolute atomic E-state index is 14.6. The maximum atomic E-state index is 14.6. The third kappa shape index (κ3) is 3.62. The second kappa shape index (κ2) is 9.15. The first-order valence-corrected chi connectivity index (χ1v) is 14.0. The number of esters is 1. The van der Waals surface area contributed by atoms with Gasteiger partial charge in [0.1, 0.15) is 23.8 Å². The number of hydrogen-bond donors (Lipinski definition) is 0. The molecule has 0 radical (unpaired) electrons. The van der Waals surface area contributed by atoms with Gasteiger partial charge < -0.3 is 14.6 Å². The fraction of sp³-hybridized carbons (Fsp3) is 0.353. The molecular weight excluding hydrogens is 500 g/mol. The molecule has 6 heteroatoms. The highest BCUT2D eigenvalue weighted by Crippen LogP contribution is 2.61. The number of fused-ring (bicyclic) bond motifs is 5. The molecule has 3 heterocycles. The second-order valence-corrected chi connectivity index (χ2v) is 11.5. The third-order valence-corrected chi connectivity index (χ3v) is 8.52. The van der Waals surface area contributed by atoms with Crippen LogP contribution in [0.25, 0.3) is 11.4 Å². The summed E-state index contributed by atoms with van der Waals surface area (Å²) < 4.78 is 16.4. The zero-order chi connectivity index (χ0) is 28.6. The minimum atomic E-state index is -2.04. The molecule has 1 aromatic heterocycles. The Morgan fingerprint density at radius 2 is 1.55 bits per heavy atom. The second-order valence-electron chi connectivity index (χ2n) is 11.5. The quantitative estimate of drug-likeness (QED) is 0.267. The molecule has 0 aliphatic carbocycles. The van der Waals surface area contributed by atoms with Crippen molar-refractivity contribution in [1.82, 2.24) is 4.57 Å². The van der Waals surface area contributed by atoms with Crippen LogP contribution in [-0.2, 0) is 25.7 Å². The fourth-order valence-electron chi connectivity index (χ4n) is 7.32. The van der Waals surface area contributed by atoms with Crippen molar-refractivity contribution in [2.24, 2.45) is 5.92 Å². The lowest BCUT2D eigenvalue weighted by Gasteiger charge is -2.38. The zero-order valence-corrected chi connectivity index (χ0v) is 24.3. The monoisotopic (exact) mass is 536 g/mol. The number of benzene rings is 3. The average Bonchev–Trinajstić information content (AvgIpc) is 3.51. The van der Waals surface area contributed by atoms with Gasteiger partial charge in [0.25, 0.3) is 0 Å². The molecule has 3 atom stereocenters. The Balaban J connectivity index is 1.71. The molecule has 206 valence electrons. The van der Waals surface area contributed by atoms with E-state index in [1.807, 2.05) is 18.2 Å². The lowest BCUT2D eigenvalue weighted by atomic mass is 9.74. The van der Waals surface area contributed by atoms with Gasteiger partial charge in [0.05, 0.1) is 12.5 Å². The van der Waals surface area contributed by atoms with Crippen LogP contribution in [0.2, 0.25) is 0 Å². The predicted octanol–water partition coefficient (Wildman–Crippen LogP) is 4.97. The van der Waals surface area contributed by atoms with E-state index in [4.69, 9.17) is 9.47 Å². The van der Waals surface area contributed by atoms with Gasteiger partial charge in [0, 0.05) is 17.8 Å². The molecule has 0 N–H and O–H groups in total. The van der Waals surface area contributed by atoms with Gasteiger partial charge in [-0.1, -0.05) is 59.7 Å². The first-order valence-electron chi connectivity index (χ1n) is 14.0. The molecule has 40 heavy (non-hydrogen) atoms. The van der Waals surface area contributed by atoms with Gasteiger partial charge in [0.15, 0.2) is 5.60 Å². The largest absolute Gasteiger partial charge is 0.824 e. The minimum absolute atomic E-state index is 0.199. The van der Waals surface area contributed by atoms with Crippen molar-refractivity contribution in [2.75, 3.05) is 6.61 Å². The lowest BCUT2D eigenvalue weighted by molar-refractivity contribution is -0.619. The van der Waals surface area contributed by atoms with Crippen LogP contribution in [-0.4, -0.2) is 17.1 Å². The Kier molecular flexibility index (Phi) is 6.06. The van der Waals surface area contributed by atoms with Gasteiger partial charge >= 0.3 is 11.8 Å². The molecule has 3 aromatic carbocycles. The van der Waals surface area contributed by atoms with E-state index < -0.39 is 23.3 Å². The van der Waals surface area contributed by atoms with Crippen LogP contribution >= 0.6 is 0 Å². The van der Waals surface area contributed by atoms with Crippen LogP contribution in [0.5, 0.6) is 0 Å². The standard InChI is InChI=1S/C34H36N2O4/c1-8-39-31(37)28-19-33(26-11-9-10-12-27(26)34(28,38)40-33)32-35(29-22(4)15-20(2)16-23(29)5)13-14-36(32)30-24(6)17-21(3)18-25(30)7/h9-18,28H,8,19H2,1-7H3. The Bertz CT molecular complexity index is 1560. The van der Waals surface area contributed by atoms with Crippen LogP contribution in [0.4, 0.5) is 0 Å². The molecule has 2 aliphatic rings. The van der Waals surface area contributed by atoms with Crippen molar-refractivity contribution in [2.45, 2.75) is 66.3 Å². The molecule has 2 bridgehead atoms. The van der Waals surface area contributed by atoms with Crippen LogP contribution in [0.15, 0.2) is 60.9 Å². The summed E-state index contributed by atoms with van der Waals surface area (Å²) in [6.45, 7) is 14.6. The van der Waals surface area contributed by atoms with Gasteiger partial charge in [-0.2, -0.15) is 9.13 Å².